The van der Waals surface area contributed by atoms with Crippen molar-refractivity contribution in [3.63, 3.8) is 0 Å². The molecule has 0 nitrogen and oxygen atoms in total. The van der Waals surface area contributed by atoms with Gasteiger partial charge in [0.05, 0.1) is 0 Å². The maximum atomic E-state index is 2.38. The summed E-state index contributed by atoms with van der Waals surface area (Å²) in [7, 11) is 0. The van der Waals surface area contributed by atoms with E-state index in [1.807, 2.05) is 0 Å². The van der Waals surface area contributed by atoms with Crippen LogP contribution in [-0.2, 0) is 6.42 Å². The quantitative estimate of drug-likeness (QED) is 0.586. The maximum Gasteiger partial charge on any atom is -0.0128 e. The average Bonchev–Trinajstić information content (AvgIpc) is 3.04. The molecule has 0 N–H and O–H groups in total. The molecule has 1 saturated carbocycles. The molecule has 0 heteroatoms. The van der Waals surface area contributed by atoms with E-state index in [1.165, 1.54) is 44.9 Å². The predicted octanol–water partition coefficient (Wildman–Crippen LogP) is 4.30. The van der Waals surface area contributed by atoms with Crippen LogP contribution in [0.15, 0.2) is 24.3 Å². The molecule has 3 rings (SSSR count). The first kappa shape index (κ1) is 9.45. The third-order valence-corrected chi connectivity index (χ3v) is 4.15. The van der Waals surface area contributed by atoms with Gasteiger partial charge in [-0.1, -0.05) is 43.5 Å². The molecule has 2 unspecified atom stereocenters. The Morgan fingerprint density at radius 3 is 2.80 bits per heavy atom. The smallest absolute Gasteiger partial charge is 0.0128 e. The number of aryl methyl sites for hydroxylation is 1. The highest BCUT2D eigenvalue weighted by Crippen LogP contribution is 2.51. The topological polar surface area (TPSA) is 0 Å². The number of rotatable bonds is 0. The molecule has 2 aliphatic carbocycles. The van der Waals surface area contributed by atoms with Crippen LogP contribution < -0.4 is 0 Å². The van der Waals surface area contributed by atoms with E-state index >= 15 is 0 Å². The van der Waals surface area contributed by atoms with Crippen molar-refractivity contribution in [3.05, 3.63) is 35.4 Å². The molecule has 0 aliphatic heterocycles. The van der Waals surface area contributed by atoms with Crippen LogP contribution in [0.5, 0.6) is 0 Å². The van der Waals surface area contributed by atoms with E-state index in [9.17, 15) is 0 Å². The van der Waals surface area contributed by atoms with Crippen molar-refractivity contribution in [2.45, 2.75) is 50.9 Å². The van der Waals surface area contributed by atoms with Gasteiger partial charge in [-0.2, -0.15) is 0 Å². The lowest BCUT2D eigenvalue weighted by Gasteiger charge is -2.11. The molecule has 0 heterocycles. The number of hydrogen-bond donors (Lipinski definition) is 0. The molecule has 0 radical (unpaired) electrons. The Morgan fingerprint density at radius 2 is 1.80 bits per heavy atom. The first-order valence-corrected chi connectivity index (χ1v) is 6.53. The van der Waals surface area contributed by atoms with Gasteiger partial charge in [-0.05, 0) is 48.6 Å². The van der Waals surface area contributed by atoms with E-state index in [0.717, 1.165) is 11.8 Å². The molecule has 80 valence electrons. The van der Waals surface area contributed by atoms with Gasteiger partial charge in [-0.3, -0.25) is 0 Å². The molecule has 0 bridgehead atoms. The first-order chi connectivity index (χ1) is 7.45. The summed E-state index contributed by atoms with van der Waals surface area (Å²) in [6.07, 6.45) is 10.0. The highest BCUT2D eigenvalue weighted by molar-refractivity contribution is 5.34. The summed E-state index contributed by atoms with van der Waals surface area (Å²) in [6, 6.07) is 9.16. The molecule has 0 spiro atoms. The molecule has 1 fully saturated rings. The molecule has 0 amide bonds. The van der Waals surface area contributed by atoms with Crippen molar-refractivity contribution in [1.29, 1.82) is 0 Å². The molecule has 0 saturated heterocycles. The Hall–Kier alpha value is -0.780. The first-order valence-electron chi connectivity index (χ1n) is 6.53. The van der Waals surface area contributed by atoms with Crippen LogP contribution in [0.1, 0.15) is 55.6 Å². The highest BCUT2D eigenvalue weighted by atomic mass is 14.4. The van der Waals surface area contributed by atoms with E-state index in [1.54, 1.807) is 11.1 Å². The average molecular weight is 200 g/mol. The maximum absolute atomic E-state index is 2.38. The largest absolute Gasteiger partial charge is 0.0620 e. The minimum absolute atomic E-state index is 0.930. The fourth-order valence-electron chi connectivity index (χ4n) is 3.15. The summed E-state index contributed by atoms with van der Waals surface area (Å²) in [4.78, 5) is 0. The van der Waals surface area contributed by atoms with E-state index in [4.69, 9.17) is 0 Å². The summed E-state index contributed by atoms with van der Waals surface area (Å²) in [6.45, 7) is 0. The van der Waals surface area contributed by atoms with Crippen molar-refractivity contribution >= 4 is 0 Å². The standard InChI is InChI=1S/C15H20/c1-2-4-9-13-11-15(13)14-10-6-5-8-12(14)7-3-1/h5-6,8,10,13,15H,1-4,7,9,11H2. The minimum atomic E-state index is 0.930. The molecule has 0 aromatic heterocycles. The summed E-state index contributed by atoms with van der Waals surface area (Å²) < 4.78 is 0. The second kappa shape index (κ2) is 4.00. The van der Waals surface area contributed by atoms with E-state index in [0.29, 0.717) is 0 Å². The van der Waals surface area contributed by atoms with Gasteiger partial charge in [0.15, 0.2) is 0 Å². The van der Waals surface area contributed by atoms with E-state index in [-0.39, 0.29) is 0 Å². The highest BCUT2D eigenvalue weighted by Gasteiger charge is 2.38. The number of benzene rings is 1. The van der Waals surface area contributed by atoms with Gasteiger partial charge in [-0.25, -0.2) is 0 Å². The number of hydrogen-bond acceptors (Lipinski definition) is 0. The molecule has 2 atom stereocenters. The Kier molecular flexibility index (Phi) is 2.52. The van der Waals surface area contributed by atoms with Gasteiger partial charge >= 0.3 is 0 Å². The molecular formula is C15H20. The van der Waals surface area contributed by atoms with Crippen LogP contribution in [0, 0.1) is 5.92 Å². The van der Waals surface area contributed by atoms with Gasteiger partial charge in [0, 0.05) is 0 Å². The van der Waals surface area contributed by atoms with E-state index in [2.05, 4.69) is 24.3 Å². The summed E-state index contributed by atoms with van der Waals surface area (Å²) in [5, 5.41) is 0. The zero-order valence-electron chi connectivity index (χ0n) is 9.41. The van der Waals surface area contributed by atoms with Crippen molar-refractivity contribution < 1.29 is 0 Å². The SMILES string of the molecule is c1ccc2c(c1)CCCCCCC1CC21. The van der Waals surface area contributed by atoms with Crippen molar-refractivity contribution in [2.75, 3.05) is 0 Å². The summed E-state index contributed by atoms with van der Waals surface area (Å²) in [5.41, 5.74) is 3.33. The molecule has 15 heavy (non-hydrogen) atoms. The van der Waals surface area contributed by atoms with Crippen LogP contribution >= 0.6 is 0 Å². The fourth-order valence-corrected chi connectivity index (χ4v) is 3.15. The Morgan fingerprint density at radius 1 is 0.933 bits per heavy atom. The van der Waals surface area contributed by atoms with Gasteiger partial charge in [-0.15, -0.1) is 0 Å². The lowest BCUT2D eigenvalue weighted by molar-refractivity contribution is 0.568. The van der Waals surface area contributed by atoms with Crippen LogP contribution in [-0.4, -0.2) is 0 Å². The van der Waals surface area contributed by atoms with E-state index < -0.39 is 0 Å². The second-order valence-electron chi connectivity index (χ2n) is 5.25. The van der Waals surface area contributed by atoms with Gasteiger partial charge in [0.2, 0.25) is 0 Å². The predicted molar refractivity (Wildman–Crippen MR) is 64.1 cm³/mol. The van der Waals surface area contributed by atoms with Crippen molar-refractivity contribution in [3.8, 4) is 0 Å². The summed E-state index contributed by atoms with van der Waals surface area (Å²) >= 11 is 0. The fraction of sp³-hybridized carbons (Fsp3) is 0.600. The molecule has 1 aromatic carbocycles. The Balaban J connectivity index is 1.87. The van der Waals surface area contributed by atoms with Crippen LogP contribution in [0.25, 0.3) is 0 Å². The van der Waals surface area contributed by atoms with Gasteiger partial charge in [0.25, 0.3) is 0 Å². The van der Waals surface area contributed by atoms with Crippen LogP contribution in [0.3, 0.4) is 0 Å². The van der Waals surface area contributed by atoms with Crippen LogP contribution in [0.2, 0.25) is 0 Å². The summed E-state index contributed by atoms with van der Waals surface area (Å²) in [5.74, 6) is 1.96. The number of fused-ring (bicyclic) bond motifs is 3. The van der Waals surface area contributed by atoms with Crippen molar-refractivity contribution in [1.82, 2.24) is 0 Å². The third-order valence-electron chi connectivity index (χ3n) is 4.15. The zero-order chi connectivity index (χ0) is 10.1. The minimum Gasteiger partial charge on any atom is -0.0620 e. The van der Waals surface area contributed by atoms with Crippen LogP contribution in [0.4, 0.5) is 0 Å². The van der Waals surface area contributed by atoms with Crippen molar-refractivity contribution in [2.24, 2.45) is 5.92 Å². The van der Waals surface area contributed by atoms with Gasteiger partial charge < -0.3 is 0 Å². The van der Waals surface area contributed by atoms with Gasteiger partial charge in [0.1, 0.15) is 0 Å². The molecular weight excluding hydrogens is 180 g/mol. The molecule has 2 aliphatic rings. The molecule has 1 aromatic rings. The normalized spacial score (nSPS) is 30.1. The monoisotopic (exact) mass is 200 g/mol. The second-order valence-corrected chi connectivity index (χ2v) is 5.25. The zero-order valence-corrected chi connectivity index (χ0v) is 9.41. The third kappa shape index (κ3) is 1.95. The lowest BCUT2D eigenvalue weighted by atomic mass is 9.94. The Bertz CT molecular complexity index is 340. The lowest BCUT2D eigenvalue weighted by Crippen LogP contribution is -1.96. The Labute approximate surface area is 92.7 Å².